The van der Waals surface area contributed by atoms with Gasteiger partial charge in [-0.15, -0.1) is 0 Å². The van der Waals surface area contributed by atoms with E-state index in [0.717, 1.165) is 5.56 Å². The lowest BCUT2D eigenvalue weighted by Gasteiger charge is -2.05. The second kappa shape index (κ2) is 5.55. The number of aryl methyl sites for hydroxylation is 1. The van der Waals surface area contributed by atoms with Crippen molar-refractivity contribution in [2.24, 2.45) is 0 Å². The Morgan fingerprint density at radius 3 is 2.80 bits per heavy atom. The number of hydrogen-bond donors (Lipinski definition) is 1. The molecule has 2 aromatic rings. The molecule has 0 spiro atoms. The Morgan fingerprint density at radius 1 is 1.45 bits per heavy atom. The molecule has 0 fully saturated rings. The predicted molar refractivity (Wildman–Crippen MR) is 73.8 cm³/mol. The molecule has 0 bridgehead atoms. The lowest BCUT2D eigenvalue weighted by Crippen LogP contribution is -2.10. The van der Waals surface area contributed by atoms with Crippen LogP contribution in [-0.2, 0) is 6.54 Å². The molecular formula is C12H15N5O3. The first-order chi connectivity index (χ1) is 9.47. The third kappa shape index (κ3) is 3.02. The minimum Gasteiger partial charge on any atom is -0.371 e. The minimum absolute atomic E-state index is 0.0253. The van der Waals surface area contributed by atoms with E-state index in [4.69, 9.17) is 4.52 Å². The number of rotatable bonds is 5. The maximum atomic E-state index is 11.0. The molecule has 0 radical (unpaired) electrons. The first-order valence-corrected chi connectivity index (χ1v) is 5.96. The largest absolute Gasteiger partial charge is 0.371 e. The summed E-state index contributed by atoms with van der Waals surface area (Å²) in [6.07, 6.45) is 0. The highest BCUT2D eigenvalue weighted by atomic mass is 16.6. The second-order valence-corrected chi connectivity index (χ2v) is 4.51. The number of anilines is 2. The van der Waals surface area contributed by atoms with Crippen LogP contribution in [0.4, 0.5) is 17.3 Å². The molecule has 0 aliphatic heterocycles. The summed E-state index contributed by atoms with van der Waals surface area (Å²) in [5.41, 5.74) is 1.28. The van der Waals surface area contributed by atoms with Gasteiger partial charge in [-0.25, -0.2) is 0 Å². The zero-order valence-corrected chi connectivity index (χ0v) is 11.5. The fourth-order valence-corrected chi connectivity index (χ4v) is 1.61. The molecule has 0 saturated heterocycles. The number of nitrogens with one attached hydrogen (secondary N) is 1. The molecular weight excluding hydrogens is 262 g/mol. The second-order valence-electron chi connectivity index (χ2n) is 4.51. The van der Waals surface area contributed by atoms with Crippen molar-refractivity contribution in [3.63, 3.8) is 0 Å². The maximum Gasteiger partial charge on any atom is 0.292 e. The molecule has 0 saturated carbocycles. The van der Waals surface area contributed by atoms with E-state index in [1.54, 1.807) is 38.1 Å². The fourth-order valence-electron chi connectivity index (χ4n) is 1.61. The van der Waals surface area contributed by atoms with Crippen molar-refractivity contribution in [2.45, 2.75) is 13.5 Å². The number of nitro benzene ring substituents is 1. The Morgan fingerprint density at radius 2 is 2.20 bits per heavy atom. The molecule has 0 amide bonds. The Bertz CT molecular complexity index is 623. The van der Waals surface area contributed by atoms with Gasteiger partial charge in [0.1, 0.15) is 5.69 Å². The summed E-state index contributed by atoms with van der Waals surface area (Å²) in [6, 6.07) is 4.98. The standard InChI is InChI=1S/C12H15N5O3/c1-8-4-5-9(10(6-8)17(18)19)13-7-11-14-12(15-20-11)16(2)3/h4-6,13H,7H2,1-3H3. The van der Waals surface area contributed by atoms with Gasteiger partial charge in [-0.05, 0) is 23.7 Å². The first kappa shape index (κ1) is 13.8. The highest BCUT2D eigenvalue weighted by molar-refractivity contribution is 5.62. The summed E-state index contributed by atoms with van der Waals surface area (Å²) in [5, 5.41) is 17.7. The zero-order valence-electron chi connectivity index (χ0n) is 11.5. The summed E-state index contributed by atoms with van der Waals surface area (Å²) < 4.78 is 5.04. The van der Waals surface area contributed by atoms with Crippen molar-refractivity contribution < 1.29 is 9.45 Å². The van der Waals surface area contributed by atoms with Crippen LogP contribution in [0.1, 0.15) is 11.5 Å². The summed E-state index contributed by atoms with van der Waals surface area (Å²) in [5.74, 6) is 0.823. The van der Waals surface area contributed by atoms with Crippen LogP contribution < -0.4 is 10.2 Å². The molecule has 1 N–H and O–H groups in total. The number of aromatic nitrogens is 2. The predicted octanol–water partition coefficient (Wildman–Crippen LogP) is 1.96. The Hall–Kier alpha value is -2.64. The van der Waals surface area contributed by atoms with Crippen molar-refractivity contribution in [1.29, 1.82) is 0 Å². The summed E-state index contributed by atoms with van der Waals surface area (Å²) >= 11 is 0. The average Bonchev–Trinajstić information content (AvgIpc) is 2.86. The van der Waals surface area contributed by atoms with Crippen molar-refractivity contribution in [3.05, 3.63) is 39.8 Å². The molecule has 8 heteroatoms. The van der Waals surface area contributed by atoms with Gasteiger partial charge in [0.15, 0.2) is 0 Å². The van der Waals surface area contributed by atoms with E-state index in [2.05, 4.69) is 15.5 Å². The maximum absolute atomic E-state index is 11.0. The van der Waals surface area contributed by atoms with Crippen LogP contribution in [0.5, 0.6) is 0 Å². The van der Waals surface area contributed by atoms with Gasteiger partial charge < -0.3 is 14.7 Å². The quantitative estimate of drug-likeness (QED) is 0.659. The normalized spacial score (nSPS) is 10.3. The van der Waals surface area contributed by atoms with E-state index >= 15 is 0 Å². The molecule has 0 aliphatic carbocycles. The van der Waals surface area contributed by atoms with Gasteiger partial charge >= 0.3 is 0 Å². The number of nitro groups is 1. The molecule has 1 aromatic heterocycles. The lowest BCUT2D eigenvalue weighted by atomic mass is 10.2. The van der Waals surface area contributed by atoms with Gasteiger partial charge in [-0.1, -0.05) is 6.07 Å². The van der Waals surface area contributed by atoms with E-state index in [-0.39, 0.29) is 12.2 Å². The van der Waals surface area contributed by atoms with Crippen LogP contribution in [0.3, 0.4) is 0 Å². The highest BCUT2D eigenvalue weighted by Crippen LogP contribution is 2.25. The van der Waals surface area contributed by atoms with E-state index in [1.165, 1.54) is 6.07 Å². The zero-order chi connectivity index (χ0) is 14.7. The van der Waals surface area contributed by atoms with Crippen molar-refractivity contribution in [3.8, 4) is 0 Å². The molecule has 20 heavy (non-hydrogen) atoms. The first-order valence-electron chi connectivity index (χ1n) is 5.96. The summed E-state index contributed by atoms with van der Waals surface area (Å²) in [6.45, 7) is 2.03. The third-order valence-electron chi connectivity index (χ3n) is 2.64. The average molecular weight is 277 g/mol. The monoisotopic (exact) mass is 277 g/mol. The summed E-state index contributed by atoms with van der Waals surface area (Å²) in [4.78, 5) is 16.4. The number of hydrogen-bond acceptors (Lipinski definition) is 7. The molecule has 0 aliphatic rings. The molecule has 1 heterocycles. The van der Waals surface area contributed by atoms with E-state index < -0.39 is 4.92 Å². The topological polar surface area (TPSA) is 97.3 Å². The lowest BCUT2D eigenvalue weighted by molar-refractivity contribution is -0.384. The molecule has 2 rings (SSSR count). The Kier molecular flexibility index (Phi) is 3.83. The van der Waals surface area contributed by atoms with Crippen molar-refractivity contribution in [2.75, 3.05) is 24.3 Å². The van der Waals surface area contributed by atoms with E-state index in [1.807, 2.05) is 0 Å². The Balaban J connectivity index is 2.12. The SMILES string of the molecule is Cc1ccc(NCc2nc(N(C)C)no2)c([N+](=O)[O-])c1. The molecule has 0 atom stereocenters. The third-order valence-corrected chi connectivity index (χ3v) is 2.64. The Labute approximate surface area is 115 Å². The van der Waals surface area contributed by atoms with Crippen LogP contribution in [0.15, 0.2) is 22.7 Å². The number of benzene rings is 1. The van der Waals surface area contributed by atoms with Crippen LogP contribution in [0.2, 0.25) is 0 Å². The molecule has 1 aromatic carbocycles. The van der Waals surface area contributed by atoms with Crippen LogP contribution >= 0.6 is 0 Å². The molecule has 106 valence electrons. The smallest absolute Gasteiger partial charge is 0.292 e. The van der Waals surface area contributed by atoms with Crippen LogP contribution in [-0.4, -0.2) is 29.2 Å². The van der Waals surface area contributed by atoms with Gasteiger partial charge in [0.2, 0.25) is 5.89 Å². The number of nitrogens with zero attached hydrogens (tertiary/aromatic N) is 4. The minimum atomic E-state index is -0.422. The van der Waals surface area contributed by atoms with Crippen LogP contribution in [0.25, 0.3) is 0 Å². The van der Waals surface area contributed by atoms with Gasteiger partial charge in [-0.3, -0.25) is 10.1 Å². The van der Waals surface area contributed by atoms with Gasteiger partial charge in [0.25, 0.3) is 11.6 Å². The van der Waals surface area contributed by atoms with Crippen LogP contribution in [0, 0.1) is 17.0 Å². The van der Waals surface area contributed by atoms with Gasteiger partial charge in [0.05, 0.1) is 11.5 Å². The van der Waals surface area contributed by atoms with Gasteiger partial charge in [-0.2, -0.15) is 4.98 Å². The van der Waals surface area contributed by atoms with Crippen molar-refractivity contribution in [1.82, 2.24) is 10.1 Å². The van der Waals surface area contributed by atoms with Crippen molar-refractivity contribution >= 4 is 17.3 Å². The van der Waals surface area contributed by atoms with E-state index in [9.17, 15) is 10.1 Å². The highest BCUT2D eigenvalue weighted by Gasteiger charge is 2.15. The summed E-state index contributed by atoms with van der Waals surface area (Å²) in [7, 11) is 3.60. The van der Waals surface area contributed by atoms with Gasteiger partial charge in [0, 0.05) is 20.2 Å². The fraction of sp³-hybridized carbons (Fsp3) is 0.333. The molecule has 8 nitrogen and oxygen atoms in total. The molecule has 0 unspecified atom stereocenters. The van der Waals surface area contributed by atoms with E-state index in [0.29, 0.717) is 17.5 Å².